The normalized spacial score (nSPS) is 41.0. The second-order valence-electron chi connectivity index (χ2n) is 9.16. The molecule has 0 bridgehead atoms. The molecule has 28 heavy (non-hydrogen) atoms. The molecule has 4 aliphatic rings. The van der Waals surface area contributed by atoms with E-state index in [1.54, 1.807) is 12.2 Å². The van der Waals surface area contributed by atoms with Crippen LogP contribution in [0.3, 0.4) is 0 Å². The molecule has 6 atom stereocenters. The summed E-state index contributed by atoms with van der Waals surface area (Å²) in [5, 5.41) is 0. The minimum atomic E-state index is -0.467. The summed E-state index contributed by atoms with van der Waals surface area (Å²) in [7, 11) is 0. The van der Waals surface area contributed by atoms with Crippen molar-refractivity contribution in [3.63, 3.8) is 0 Å². The van der Waals surface area contributed by atoms with Gasteiger partial charge in [-0.2, -0.15) is 0 Å². The van der Waals surface area contributed by atoms with Crippen molar-refractivity contribution in [3.8, 4) is 0 Å². The molecule has 0 aromatic carbocycles. The Morgan fingerprint density at radius 3 is 2.64 bits per heavy atom. The largest absolute Gasteiger partial charge is 0.458 e. The van der Waals surface area contributed by atoms with Crippen LogP contribution < -0.4 is 0 Å². The lowest BCUT2D eigenvalue weighted by molar-refractivity contribution is -0.150. The Labute approximate surface area is 164 Å². The molecule has 5 nitrogen and oxygen atoms in total. The summed E-state index contributed by atoms with van der Waals surface area (Å²) in [4.78, 5) is 49.0. The fourth-order valence-electron chi connectivity index (χ4n) is 6.30. The van der Waals surface area contributed by atoms with Crippen LogP contribution >= 0.6 is 0 Å². The van der Waals surface area contributed by atoms with Gasteiger partial charge in [-0.3, -0.25) is 19.2 Å². The van der Waals surface area contributed by atoms with Gasteiger partial charge in [0.15, 0.2) is 11.6 Å². The van der Waals surface area contributed by atoms with Crippen molar-refractivity contribution < 1.29 is 23.9 Å². The number of hydrogen-bond donors (Lipinski definition) is 0. The SMILES string of the molecule is CC(=O)OCC(=O)C1CCC2C3C=CC4=CC(=O)C=CC4(C)C3C(=O)CC12C. The summed E-state index contributed by atoms with van der Waals surface area (Å²) < 4.78 is 4.94. The molecule has 4 aliphatic carbocycles. The average Bonchev–Trinajstić information content (AvgIpc) is 2.96. The van der Waals surface area contributed by atoms with Crippen molar-refractivity contribution in [2.75, 3.05) is 6.61 Å². The van der Waals surface area contributed by atoms with E-state index in [0.717, 1.165) is 18.4 Å². The highest BCUT2D eigenvalue weighted by atomic mass is 16.5. The van der Waals surface area contributed by atoms with Crippen LogP contribution in [0.4, 0.5) is 0 Å². The van der Waals surface area contributed by atoms with Crippen LogP contribution in [0.2, 0.25) is 0 Å². The van der Waals surface area contributed by atoms with Gasteiger partial charge in [0.25, 0.3) is 0 Å². The first kappa shape index (κ1) is 19.0. The zero-order valence-electron chi connectivity index (χ0n) is 16.6. The number of hydrogen-bond acceptors (Lipinski definition) is 5. The molecule has 0 aromatic rings. The van der Waals surface area contributed by atoms with Gasteiger partial charge in [-0.05, 0) is 47.8 Å². The number of ketones is 3. The first-order chi connectivity index (χ1) is 13.2. The highest BCUT2D eigenvalue weighted by Crippen LogP contribution is 2.63. The summed E-state index contributed by atoms with van der Waals surface area (Å²) in [6, 6.07) is 0. The van der Waals surface area contributed by atoms with Gasteiger partial charge in [0, 0.05) is 30.6 Å². The lowest BCUT2D eigenvalue weighted by Gasteiger charge is -2.53. The third-order valence-corrected chi connectivity index (χ3v) is 7.62. The van der Waals surface area contributed by atoms with Gasteiger partial charge in [-0.15, -0.1) is 0 Å². The van der Waals surface area contributed by atoms with E-state index in [9.17, 15) is 19.2 Å². The summed E-state index contributed by atoms with van der Waals surface area (Å²) in [6.07, 6.45) is 11.1. The molecule has 2 fully saturated rings. The second-order valence-corrected chi connectivity index (χ2v) is 9.16. The van der Waals surface area contributed by atoms with Crippen LogP contribution in [0.25, 0.3) is 0 Å². The zero-order chi connectivity index (χ0) is 20.3. The van der Waals surface area contributed by atoms with Crippen molar-refractivity contribution in [1.29, 1.82) is 0 Å². The number of Topliss-reactive ketones (excluding diaryl/α,β-unsaturated/α-hetero) is 2. The number of carbonyl (C=O) groups excluding carboxylic acids is 4. The van der Waals surface area contributed by atoms with E-state index < -0.39 is 16.8 Å². The van der Waals surface area contributed by atoms with Crippen LogP contribution in [0.15, 0.2) is 36.0 Å². The van der Waals surface area contributed by atoms with Crippen molar-refractivity contribution in [3.05, 3.63) is 36.0 Å². The summed E-state index contributed by atoms with van der Waals surface area (Å²) in [5.41, 5.74) is 0.0238. The van der Waals surface area contributed by atoms with Gasteiger partial charge in [0.05, 0.1) is 0 Å². The number of carbonyl (C=O) groups is 4. The molecular formula is C23H26O5. The van der Waals surface area contributed by atoms with E-state index in [0.29, 0.717) is 6.42 Å². The highest BCUT2D eigenvalue weighted by Gasteiger charge is 2.61. The van der Waals surface area contributed by atoms with Crippen molar-refractivity contribution in [1.82, 2.24) is 0 Å². The molecule has 0 aliphatic heterocycles. The minimum Gasteiger partial charge on any atom is -0.458 e. The minimum absolute atomic E-state index is 0.0410. The van der Waals surface area contributed by atoms with E-state index in [1.807, 2.05) is 19.1 Å². The third-order valence-electron chi connectivity index (χ3n) is 7.62. The second kappa shape index (κ2) is 6.36. The highest BCUT2D eigenvalue weighted by molar-refractivity contribution is 6.02. The molecular weight excluding hydrogens is 356 g/mol. The molecule has 0 heterocycles. The Morgan fingerprint density at radius 2 is 1.93 bits per heavy atom. The lowest BCUT2D eigenvalue weighted by Crippen LogP contribution is -2.53. The molecule has 0 N–H and O–H groups in total. The van der Waals surface area contributed by atoms with Crippen molar-refractivity contribution >= 4 is 23.3 Å². The Bertz CT molecular complexity index is 862. The predicted octanol–water partition coefficient (Wildman–Crippen LogP) is 3.00. The lowest BCUT2D eigenvalue weighted by atomic mass is 9.49. The Morgan fingerprint density at radius 1 is 1.18 bits per heavy atom. The third kappa shape index (κ3) is 2.66. The van der Waals surface area contributed by atoms with Crippen molar-refractivity contribution in [2.24, 2.45) is 34.5 Å². The number of ether oxygens (including phenoxy) is 1. The molecule has 148 valence electrons. The maximum Gasteiger partial charge on any atom is 0.303 e. The Kier molecular flexibility index (Phi) is 4.32. The van der Waals surface area contributed by atoms with E-state index >= 15 is 0 Å². The fraction of sp³-hybridized carbons (Fsp3) is 0.565. The molecule has 5 heteroatoms. The topological polar surface area (TPSA) is 77.5 Å². The molecule has 2 saturated carbocycles. The van der Waals surface area contributed by atoms with E-state index in [1.165, 1.54) is 6.92 Å². The van der Waals surface area contributed by atoms with Crippen LogP contribution in [-0.2, 0) is 23.9 Å². The monoisotopic (exact) mass is 382 g/mol. The molecule has 0 amide bonds. The summed E-state index contributed by atoms with van der Waals surface area (Å²) >= 11 is 0. The number of allylic oxidation sites excluding steroid dienone is 6. The zero-order valence-corrected chi connectivity index (χ0v) is 16.6. The Balaban J connectivity index is 1.67. The van der Waals surface area contributed by atoms with E-state index in [-0.39, 0.29) is 47.6 Å². The number of fused-ring (bicyclic) bond motifs is 5. The maximum atomic E-state index is 13.4. The van der Waals surface area contributed by atoms with E-state index in [4.69, 9.17) is 4.74 Å². The molecule has 0 radical (unpaired) electrons. The predicted molar refractivity (Wildman–Crippen MR) is 102 cm³/mol. The fourth-order valence-corrected chi connectivity index (χ4v) is 6.30. The average molecular weight is 382 g/mol. The Hall–Kier alpha value is -2.30. The molecule has 0 aromatic heterocycles. The van der Waals surface area contributed by atoms with Gasteiger partial charge in [-0.25, -0.2) is 0 Å². The molecule has 0 spiro atoms. The maximum absolute atomic E-state index is 13.4. The molecule has 4 rings (SSSR count). The molecule has 0 saturated heterocycles. The van der Waals surface area contributed by atoms with Crippen molar-refractivity contribution in [2.45, 2.75) is 40.0 Å². The first-order valence-electron chi connectivity index (χ1n) is 9.99. The molecule has 6 unspecified atom stereocenters. The summed E-state index contributed by atoms with van der Waals surface area (Å²) in [5.74, 6) is -0.611. The standard InChI is InChI=1S/C23H26O5/c1-13(24)28-12-20(27)18-7-6-17-16-5-4-14-10-15(25)8-9-22(14,2)21(16)19(26)11-23(17,18)3/h4-5,8-10,16-18,21H,6-7,11-12H2,1-3H3. The smallest absolute Gasteiger partial charge is 0.303 e. The first-order valence-corrected chi connectivity index (χ1v) is 9.99. The van der Waals surface area contributed by atoms with Crippen LogP contribution in [0.5, 0.6) is 0 Å². The van der Waals surface area contributed by atoms with Gasteiger partial charge < -0.3 is 4.74 Å². The van der Waals surface area contributed by atoms with Gasteiger partial charge in [0.2, 0.25) is 0 Å². The van der Waals surface area contributed by atoms with Gasteiger partial charge in [0.1, 0.15) is 12.4 Å². The summed E-state index contributed by atoms with van der Waals surface area (Å²) in [6.45, 7) is 5.18. The quantitative estimate of drug-likeness (QED) is 0.701. The van der Waals surface area contributed by atoms with Gasteiger partial charge in [-0.1, -0.05) is 32.1 Å². The van der Waals surface area contributed by atoms with Crippen LogP contribution in [-0.4, -0.2) is 29.9 Å². The van der Waals surface area contributed by atoms with E-state index in [2.05, 4.69) is 13.0 Å². The van der Waals surface area contributed by atoms with Crippen LogP contribution in [0.1, 0.15) is 40.0 Å². The number of esters is 1. The van der Waals surface area contributed by atoms with Gasteiger partial charge >= 0.3 is 5.97 Å². The number of rotatable bonds is 3. The van der Waals surface area contributed by atoms with Crippen LogP contribution in [0, 0.1) is 34.5 Å².